The van der Waals surface area contributed by atoms with Crippen LogP contribution < -0.4 is 5.32 Å². The minimum atomic E-state index is 0.715. The summed E-state index contributed by atoms with van der Waals surface area (Å²) in [5.41, 5.74) is 5.76. The first-order chi connectivity index (χ1) is 11.5. The molecule has 5 nitrogen and oxygen atoms in total. The van der Waals surface area contributed by atoms with E-state index in [1.807, 2.05) is 58.3 Å². The van der Waals surface area contributed by atoms with Crippen molar-refractivity contribution in [3.05, 3.63) is 52.5 Å². The van der Waals surface area contributed by atoms with Gasteiger partial charge in [-0.2, -0.15) is 5.10 Å². The van der Waals surface area contributed by atoms with Gasteiger partial charge in [-0.25, -0.2) is 4.98 Å². The van der Waals surface area contributed by atoms with Crippen LogP contribution in [-0.2, 0) is 0 Å². The van der Waals surface area contributed by atoms with Gasteiger partial charge in [0.25, 0.3) is 0 Å². The van der Waals surface area contributed by atoms with Crippen molar-refractivity contribution >= 4 is 28.1 Å². The van der Waals surface area contributed by atoms with E-state index in [-0.39, 0.29) is 0 Å². The number of aromatic nitrogens is 4. The number of nitrogens with zero attached hydrogens (tertiary/aromatic N) is 2. The average molecular weight is 342 g/mol. The largest absolute Gasteiger partial charge is 0.394 e. The second-order valence-corrected chi connectivity index (χ2v) is 6.13. The number of aromatic amines is 2. The molecule has 0 saturated carbocycles. The molecule has 6 heteroatoms. The Morgan fingerprint density at radius 2 is 2.08 bits per heavy atom. The Morgan fingerprint density at radius 3 is 2.83 bits per heavy atom. The van der Waals surface area contributed by atoms with Crippen molar-refractivity contribution in [1.82, 2.24) is 25.5 Å². The number of fused-ring (bicyclic) bond motifs is 1. The number of rotatable bonds is 4. The lowest BCUT2D eigenvalue weighted by Gasteiger charge is -1.98. The van der Waals surface area contributed by atoms with E-state index in [1.54, 1.807) is 0 Å². The highest BCUT2D eigenvalue weighted by molar-refractivity contribution is 6.32. The predicted molar refractivity (Wildman–Crippen MR) is 100 cm³/mol. The van der Waals surface area contributed by atoms with Crippen molar-refractivity contribution in [2.45, 2.75) is 20.8 Å². The Morgan fingerprint density at radius 1 is 1.29 bits per heavy atom. The molecule has 2 heterocycles. The first kappa shape index (κ1) is 16.3. The molecule has 0 amide bonds. The summed E-state index contributed by atoms with van der Waals surface area (Å²) in [4.78, 5) is 8.10. The molecule has 3 N–H and O–H groups in total. The zero-order valence-electron chi connectivity index (χ0n) is 14.2. The van der Waals surface area contributed by atoms with Crippen molar-refractivity contribution in [1.29, 1.82) is 0 Å². The lowest BCUT2D eigenvalue weighted by Crippen LogP contribution is -1.90. The third-order valence-electron chi connectivity index (χ3n) is 4.02. The molecule has 0 aliphatic heterocycles. The highest BCUT2D eigenvalue weighted by Gasteiger charge is 2.16. The van der Waals surface area contributed by atoms with Crippen LogP contribution in [0.5, 0.6) is 0 Å². The molecule has 3 aromatic rings. The van der Waals surface area contributed by atoms with E-state index in [0.717, 1.165) is 44.9 Å². The fourth-order valence-electron chi connectivity index (χ4n) is 2.70. The monoisotopic (exact) mass is 341 g/mol. The van der Waals surface area contributed by atoms with Crippen LogP contribution in [0.4, 0.5) is 0 Å². The third-order valence-corrected chi connectivity index (χ3v) is 4.43. The van der Waals surface area contributed by atoms with Crippen LogP contribution in [0.2, 0.25) is 5.02 Å². The molecule has 0 bridgehead atoms. The van der Waals surface area contributed by atoms with Crippen LogP contribution in [0.25, 0.3) is 28.0 Å². The van der Waals surface area contributed by atoms with Gasteiger partial charge in [-0.3, -0.25) is 5.10 Å². The Hall–Kier alpha value is -2.53. The highest BCUT2D eigenvalue weighted by Crippen LogP contribution is 2.31. The average Bonchev–Trinajstić information content (AvgIpc) is 3.15. The topological polar surface area (TPSA) is 69.4 Å². The highest BCUT2D eigenvalue weighted by atomic mass is 35.5. The molecular weight excluding hydrogens is 322 g/mol. The number of halogens is 1. The number of hydrogen-bond donors (Lipinski definition) is 3. The second-order valence-electron chi connectivity index (χ2n) is 5.72. The fraction of sp³-hybridized carbons (Fsp3) is 0.222. The van der Waals surface area contributed by atoms with Crippen LogP contribution in [0.3, 0.4) is 0 Å². The summed E-state index contributed by atoms with van der Waals surface area (Å²) in [6.45, 7) is 6.03. The maximum Gasteiger partial charge on any atom is 0.156 e. The van der Waals surface area contributed by atoms with Crippen molar-refractivity contribution in [2.24, 2.45) is 0 Å². The van der Waals surface area contributed by atoms with E-state index < -0.39 is 0 Å². The standard InChI is InChI=1S/C18H20ClN5/c1-10(6-5-9-20-4)15-12(3)21-18(22-15)17-13-7-8-14(19)11(2)16(13)23-24-17/h5-9,20H,1-4H3,(H,21,22)(H,23,24)/b9-5-,10-6+. The summed E-state index contributed by atoms with van der Waals surface area (Å²) in [5, 5.41) is 12.2. The van der Waals surface area contributed by atoms with Crippen LogP contribution in [0.15, 0.2) is 30.5 Å². The number of nitrogens with one attached hydrogen (secondary N) is 3. The molecular formula is C18H20ClN5. The number of H-pyrrole nitrogens is 2. The Balaban J connectivity index is 2.06. The van der Waals surface area contributed by atoms with Gasteiger partial charge in [0.1, 0.15) is 5.69 Å². The molecule has 2 aromatic heterocycles. The van der Waals surface area contributed by atoms with Crippen molar-refractivity contribution < 1.29 is 0 Å². The molecule has 24 heavy (non-hydrogen) atoms. The van der Waals surface area contributed by atoms with Crippen molar-refractivity contribution in [3.63, 3.8) is 0 Å². The van der Waals surface area contributed by atoms with Gasteiger partial charge in [0.05, 0.1) is 11.2 Å². The summed E-state index contributed by atoms with van der Waals surface area (Å²) in [6, 6.07) is 3.86. The molecule has 0 spiro atoms. The number of allylic oxidation sites excluding steroid dienone is 3. The molecule has 0 unspecified atom stereocenters. The summed E-state index contributed by atoms with van der Waals surface area (Å²) in [5.74, 6) is 0.775. The normalized spacial score (nSPS) is 12.5. The van der Waals surface area contributed by atoms with Gasteiger partial charge < -0.3 is 10.3 Å². The summed E-state index contributed by atoms with van der Waals surface area (Å²) in [7, 11) is 1.87. The number of hydrogen-bond acceptors (Lipinski definition) is 3. The summed E-state index contributed by atoms with van der Waals surface area (Å²) < 4.78 is 0. The first-order valence-corrected chi connectivity index (χ1v) is 8.12. The lowest BCUT2D eigenvalue weighted by molar-refractivity contribution is 1.10. The minimum absolute atomic E-state index is 0.715. The Kier molecular flexibility index (Phi) is 4.44. The van der Waals surface area contributed by atoms with Crippen molar-refractivity contribution in [3.8, 4) is 11.5 Å². The SMILES string of the molecule is CN/C=C\C=C(/C)c1nc(-c2[nH]nc3c(C)c(Cl)ccc23)[nH]c1C. The van der Waals surface area contributed by atoms with Gasteiger partial charge in [0, 0.05) is 23.2 Å². The quantitative estimate of drug-likeness (QED) is 0.617. The molecule has 3 rings (SSSR count). The zero-order chi connectivity index (χ0) is 17.3. The zero-order valence-corrected chi connectivity index (χ0v) is 14.9. The second kappa shape index (κ2) is 6.53. The molecule has 0 fully saturated rings. The van der Waals surface area contributed by atoms with Crippen LogP contribution in [0, 0.1) is 13.8 Å². The molecule has 0 atom stereocenters. The van der Waals surface area contributed by atoms with E-state index in [9.17, 15) is 0 Å². The van der Waals surface area contributed by atoms with Gasteiger partial charge in [-0.05, 0) is 56.3 Å². The lowest BCUT2D eigenvalue weighted by atomic mass is 10.1. The number of benzene rings is 1. The number of imidazole rings is 1. The van der Waals surface area contributed by atoms with Gasteiger partial charge in [-0.1, -0.05) is 17.7 Å². The van der Waals surface area contributed by atoms with Gasteiger partial charge in [-0.15, -0.1) is 0 Å². The van der Waals surface area contributed by atoms with E-state index in [1.165, 1.54) is 0 Å². The smallest absolute Gasteiger partial charge is 0.156 e. The minimum Gasteiger partial charge on any atom is -0.394 e. The Bertz CT molecular complexity index is 946. The molecule has 0 radical (unpaired) electrons. The van der Waals surface area contributed by atoms with E-state index in [4.69, 9.17) is 16.6 Å². The van der Waals surface area contributed by atoms with E-state index >= 15 is 0 Å². The van der Waals surface area contributed by atoms with Gasteiger partial charge in [0.15, 0.2) is 5.82 Å². The summed E-state index contributed by atoms with van der Waals surface area (Å²) >= 11 is 6.18. The molecule has 1 aromatic carbocycles. The Labute approximate surface area is 145 Å². The molecule has 124 valence electrons. The molecule has 0 aliphatic carbocycles. The maximum absolute atomic E-state index is 6.18. The van der Waals surface area contributed by atoms with Crippen molar-refractivity contribution in [2.75, 3.05) is 7.05 Å². The molecule has 0 aliphatic rings. The number of aryl methyl sites for hydroxylation is 2. The predicted octanol–water partition coefficient (Wildman–Crippen LogP) is 4.36. The molecule has 0 saturated heterocycles. The maximum atomic E-state index is 6.18. The van der Waals surface area contributed by atoms with Crippen LogP contribution in [-0.4, -0.2) is 27.2 Å². The van der Waals surface area contributed by atoms with Crippen LogP contribution >= 0.6 is 11.6 Å². The fourth-order valence-corrected chi connectivity index (χ4v) is 2.86. The summed E-state index contributed by atoms with van der Waals surface area (Å²) in [6.07, 6.45) is 5.86. The van der Waals surface area contributed by atoms with Crippen LogP contribution in [0.1, 0.15) is 23.9 Å². The third kappa shape index (κ3) is 2.83. The van der Waals surface area contributed by atoms with E-state index in [0.29, 0.717) is 5.02 Å². The van der Waals surface area contributed by atoms with Gasteiger partial charge >= 0.3 is 0 Å². The first-order valence-electron chi connectivity index (χ1n) is 7.74. The van der Waals surface area contributed by atoms with Gasteiger partial charge in [0.2, 0.25) is 0 Å². The van der Waals surface area contributed by atoms with E-state index in [2.05, 4.69) is 20.5 Å².